The number of nitrogens with one attached hydrogen (secondary N) is 2. The topological polar surface area (TPSA) is 96.0 Å². The fraction of sp³-hybridized carbons (Fsp3) is 0.385. The SMILES string of the molecule is COc1cc(N2CCC(N(C)C)CC2)c(N)cc1NC1N=CC=C(c2cn(C)c3cccnc23)N1. The van der Waals surface area contributed by atoms with E-state index in [1.807, 2.05) is 43.7 Å². The molecule has 2 aliphatic heterocycles. The molecule has 5 rings (SSSR count). The molecule has 2 aliphatic rings. The molecule has 0 radical (unpaired) electrons. The predicted molar refractivity (Wildman–Crippen MR) is 144 cm³/mol. The Hall–Kier alpha value is -3.72. The second kappa shape index (κ2) is 9.50. The van der Waals surface area contributed by atoms with E-state index in [9.17, 15) is 0 Å². The molecule has 0 bridgehead atoms. The molecule has 4 heterocycles. The number of ether oxygens (including phenoxy) is 1. The summed E-state index contributed by atoms with van der Waals surface area (Å²) in [6, 6.07) is 8.61. The lowest BCUT2D eigenvalue weighted by atomic mass is 10.0. The first kappa shape index (κ1) is 23.0. The van der Waals surface area contributed by atoms with Gasteiger partial charge < -0.3 is 35.5 Å². The Labute approximate surface area is 206 Å². The van der Waals surface area contributed by atoms with Gasteiger partial charge in [0.1, 0.15) is 5.75 Å². The Morgan fingerprint density at radius 1 is 1.23 bits per heavy atom. The third-order valence-electron chi connectivity index (χ3n) is 6.98. The van der Waals surface area contributed by atoms with Crippen LogP contribution in [0, 0.1) is 0 Å². The van der Waals surface area contributed by atoms with E-state index in [0.717, 1.165) is 71.0 Å². The number of benzene rings is 1. The maximum Gasteiger partial charge on any atom is 0.194 e. The minimum atomic E-state index is -0.371. The Kier molecular flexibility index (Phi) is 6.25. The van der Waals surface area contributed by atoms with Crippen LogP contribution in [0.15, 0.2) is 47.7 Å². The number of nitrogen functional groups attached to an aromatic ring is 1. The van der Waals surface area contributed by atoms with Gasteiger partial charge >= 0.3 is 0 Å². The number of methoxy groups -OCH3 is 1. The summed E-state index contributed by atoms with van der Waals surface area (Å²) in [5.41, 5.74) is 13.1. The minimum absolute atomic E-state index is 0.371. The van der Waals surface area contributed by atoms with Gasteiger partial charge in [-0.15, -0.1) is 0 Å². The van der Waals surface area contributed by atoms with E-state index in [1.165, 1.54) is 0 Å². The summed E-state index contributed by atoms with van der Waals surface area (Å²) in [6.07, 6.45) is 9.54. The van der Waals surface area contributed by atoms with Crippen molar-refractivity contribution in [3.05, 3.63) is 48.3 Å². The number of nitrogens with zero attached hydrogens (tertiary/aromatic N) is 5. The molecule has 0 saturated carbocycles. The number of piperidine rings is 1. The lowest BCUT2D eigenvalue weighted by Crippen LogP contribution is -2.42. The number of hydrogen-bond donors (Lipinski definition) is 3. The summed E-state index contributed by atoms with van der Waals surface area (Å²) in [4.78, 5) is 13.8. The van der Waals surface area contributed by atoms with E-state index in [0.29, 0.717) is 6.04 Å². The molecular formula is C26H34N8O. The van der Waals surface area contributed by atoms with Crippen LogP contribution in [-0.2, 0) is 7.05 Å². The fourth-order valence-corrected chi connectivity index (χ4v) is 5.00. The van der Waals surface area contributed by atoms with Gasteiger partial charge in [0.05, 0.1) is 35.2 Å². The van der Waals surface area contributed by atoms with Crippen molar-refractivity contribution in [2.45, 2.75) is 25.2 Å². The summed E-state index contributed by atoms with van der Waals surface area (Å²) in [5.74, 6) is 0.740. The number of allylic oxidation sites excluding steroid dienone is 1. The van der Waals surface area contributed by atoms with Gasteiger partial charge in [-0.3, -0.25) is 4.98 Å². The Morgan fingerprint density at radius 2 is 2.03 bits per heavy atom. The average molecular weight is 475 g/mol. The highest BCUT2D eigenvalue weighted by Crippen LogP contribution is 2.37. The maximum absolute atomic E-state index is 6.53. The van der Waals surface area contributed by atoms with Crippen LogP contribution in [0.25, 0.3) is 16.7 Å². The van der Waals surface area contributed by atoms with Crippen molar-refractivity contribution < 1.29 is 4.74 Å². The number of aliphatic imine (C=N–C) groups is 1. The highest BCUT2D eigenvalue weighted by atomic mass is 16.5. The monoisotopic (exact) mass is 474 g/mol. The van der Waals surface area contributed by atoms with Crippen molar-refractivity contribution in [3.63, 3.8) is 0 Å². The minimum Gasteiger partial charge on any atom is -0.495 e. The number of hydrogen-bond acceptors (Lipinski definition) is 8. The van der Waals surface area contributed by atoms with E-state index >= 15 is 0 Å². The molecule has 9 nitrogen and oxygen atoms in total. The smallest absolute Gasteiger partial charge is 0.194 e. The molecule has 35 heavy (non-hydrogen) atoms. The van der Waals surface area contributed by atoms with Crippen LogP contribution in [0.3, 0.4) is 0 Å². The van der Waals surface area contributed by atoms with E-state index in [1.54, 1.807) is 7.11 Å². The third-order valence-corrected chi connectivity index (χ3v) is 6.98. The number of anilines is 3. The van der Waals surface area contributed by atoms with E-state index in [4.69, 9.17) is 10.5 Å². The van der Waals surface area contributed by atoms with Gasteiger partial charge in [0.2, 0.25) is 0 Å². The van der Waals surface area contributed by atoms with Crippen LogP contribution in [-0.4, -0.2) is 67.3 Å². The van der Waals surface area contributed by atoms with Crippen LogP contribution < -0.4 is 26.0 Å². The zero-order chi connectivity index (χ0) is 24.5. The van der Waals surface area contributed by atoms with Gasteiger partial charge in [0.25, 0.3) is 0 Å². The summed E-state index contributed by atoms with van der Waals surface area (Å²) >= 11 is 0. The van der Waals surface area contributed by atoms with Crippen molar-refractivity contribution in [1.29, 1.82) is 0 Å². The van der Waals surface area contributed by atoms with Gasteiger partial charge in [0, 0.05) is 62.1 Å². The average Bonchev–Trinajstić information content (AvgIpc) is 3.21. The highest BCUT2D eigenvalue weighted by molar-refractivity contribution is 5.95. The normalized spacial score (nSPS) is 18.6. The van der Waals surface area contributed by atoms with Crippen molar-refractivity contribution in [2.75, 3.05) is 50.2 Å². The largest absolute Gasteiger partial charge is 0.495 e. The molecule has 9 heteroatoms. The van der Waals surface area contributed by atoms with E-state index in [-0.39, 0.29) is 6.29 Å². The number of nitrogens with two attached hydrogens (primary N) is 1. The molecule has 0 aliphatic carbocycles. The van der Waals surface area contributed by atoms with Gasteiger partial charge in [0.15, 0.2) is 6.29 Å². The van der Waals surface area contributed by atoms with Gasteiger partial charge in [-0.05, 0) is 51.2 Å². The number of aromatic nitrogens is 2. The Bertz CT molecular complexity index is 1270. The molecule has 0 amide bonds. The van der Waals surface area contributed by atoms with Gasteiger partial charge in [-0.2, -0.15) is 0 Å². The standard InChI is InChI=1S/C26H34N8O/c1-32(2)17-8-12-34(13-9-17)23-15-24(35-4)21(14-19(23)27)31-26-29-11-7-20(30-26)18-16-33(3)22-6-5-10-28-25(18)22/h5-7,10-11,14-17,26,30-31H,8-9,12-13,27H2,1-4H3. The molecule has 1 fully saturated rings. The second-order valence-electron chi connectivity index (χ2n) is 9.39. The summed E-state index contributed by atoms with van der Waals surface area (Å²) in [7, 11) is 8.01. The molecule has 3 aromatic rings. The van der Waals surface area contributed by atoms with Crippen molar-refractivity contribution in [3.8, 4) is 5.75 Å². The molecule has 1 saturated heterocycles. The lowest BCUT2D eigenvalue weighted by molar-refractivity contribution is 0.249. The van der Waals surface area contributed by atoms with Crippen LogP contribution in [0.1, 0.15) is 18.4 Å². The van der Waals surface area contributed by atoms with Crippen molar-refractivity contribution in [2.24, 2.45) is 12.0 Å². The van der Waals surface area contributed by atoms with Gasteiger partial charge in [-0.25, -0.2) is 4.99 Å². The number of rotatable bonds is 6. The fourth-order valence-electron chi connectivity index (χ4n) is 5.00. The van der Waals surface area contributed by atoms with Crippen molar-refractivity contribution >= 4 is 40.0 Å². The molecule has 1 atom stereocenters. The summed E-state index contributed by atoms with van der Waals surface area (Å²) in [6.45, 7) is 1.95. The van der Waals surface area contributed by atoms with Crippen LogP contribution in [0.4, 0.5) is 17.1 Å². The van der Waals surface area contributed by atoms with Crippen LogP contribution in [0.2, 0.25) is 0 Å². The highest BCUT2D eigenvalue weighted by Gasteiger charge is 2.24. The Morgan fingerprint density at radius 3 is 2.77 bits per heavy atom. The zero-order valence-electron chi connectivity index (χ0n) is 20.8. The number of aryl methyl sites for hydroxylation is 1. The van der Waals surface area contributed by atoms with Crippen molar-refractivity contribution in [1.82, 2.24) is 19.8 Å². The molecule has 4 N–H and O–H groups in total. The van der Waals surface area contributed by atoms with Gasteiger partial charge in [-0.1, -0.05) is 0 Å². The predicted octanol–water partition coefficient (Wildman–Crippen LogP) is 3.11. The molecule has 1 aromatic carbocycles. The zero-order valence-corrected chi connectivity index (χ0v) is 20.8. The molecule has 184 valence electrons. The van der Waals surface area contributed by atoms with E-state index in [2.05, 4.69) is 61.3 Å². The second-order valence-corrected chi connectivity index (χ2v) is 9.39. The van der Waals surface area contributed by atoms with Crippen LogP contribution >= 0.6 is 0 Å². The molecule has 0 spiro atoms. The molecule has 1 unspecified atom stereocenters. The number of fused-ring (bicyclic) bond motifs is 1. The first-order valence-corrected chi connectivity index (χ1v) is 12.0. The van der Waals surface area contributed by atoms with E-state index < -0.39 is 0 Å². The lowest BCUT2D eigenvalue weighted by Gasteiger charge is -2.37. The maximum atomic E-state index is 6.53. The first-order chi connectivity index (χ1) is 16.9. The summed E-state index contributed by atoms with van der Waals surface area (Å²) < 4.78 is 7.83. The first-order valence-electron chi connectivity index (χ1n) is 12.0. The Balaban J connectivity index is 1.33. The number of pyridine rings is 1. The molecule has 2 aromatic heterocycles. The quantitative estimate of drug-likeness (QED) is 0.473. The molecular weight excluding hydrogens is 440 g/mol. The third kappa shape index (κ3) is 4.51. The summed E-state index contributed by atoms with van der Waals surface area (Å²) in [5, 5.41) is 6.92. The van der Waals surface area contributed by atoms with Crippen LogP contribution in [0.5, 0.6) is 5.75 Å².